The number of rotatable bonds is 4. The first-order chi connectivity index (χ1) is 11.0. The summed E-state index contributed by atoms with van der Waals surface area (Å²) in [7, 11) is 1.27. The molecule has 1 aromatic carbocycles. The zero-order valence-electron chi connectivity index (χ0n) is 13.1. The fourth-order valence-corrected chi connectivity index (χ4v) is 2.78. The molecule has 0 saturated heterocycles. The van der Waals surface area contributed by atoms with Crippen molar-refractivity contribution in [3.63, 3.8) is 0 Å². The highest BCUT2D eigenvalue weighted by molar-refractivity contribution is 6.20. The van der Waals surface area contributed by atoms with E-state index in [-0.39, 0.29) is 42.5 Å². The molecule has 1 saturated carbocycles. The van der Waals surface area contributed by atoms with E-state index in [4.69, 9.17) is 0 Å². The molecule has 1 fully saturated rings. The number of carbonyl (C=O) groups is 4. The minimum atomic E-state index is -1.07. The van der Waals surface area contributed by atoms with Crippen LogP contribution in [0.25, 0.3) is 0 Å². The SMILES string of the molecule is CCC(=O)C1C(=O)CC(c2ccc(NC(=O)OC)cc2)CC1=O. The van der Waals surface area contributed by atoms with Gasteiger partial charge in [0.1, 0.15) is 5.92 Å². The largest absolute Gasteiger partial charge is 0.453 e. The highest BCUT2D eigenvalue weighted by Crippen LogP contribution is 2.33. The van der Waals surface area contributed by atoms with Gasteiger partial charge in [-0.1, -0.05) is 19.1 Å². The second kappa shape index (κ2) is 7.17. The van der Waals surface area contributed by atoms with Crippen molar-refractivity contribution < 1.29 is 23.9 Å². The quantitative estimate of drug-likeness (QED) is 0.862. The number of carbonyl (C=O) groups excluding carboxylic acids is 4. The Bertz CT molecular complexity index is 617. The average molecular weight is 317 g/mol. The highest BCUT2D eigenvalue weighted by atomic mass is 16.5. The molecule has 1 N–H and O–H groups in total. The monoisotopic (exact) mass is 317 g/mol. The Hall–Kier alpha value is -2.50. The van der Waals surface area contributed by atoms with Crippen molar-refractivity contribution in [1.29, 1.82) is 0 Å². The van der Waals surface area contributed by atoms with Crippen molar-refractivity contribution in [3.8, 4) is 0 Å². The van der Waals surface area contributed by atoms with E-state index in [9.17, 15) is 19.2 Å². The van der Waals surface area contributed by atoms with E-state index in [1.165, 1.54) is 7.11 Å². The highest BCUT2D eigenvalue weighted by Gasteiger charge is 2.39. The van der Waals surface area contributed by atoms with Gasteiger partial charge in [-0.3, -0.25) is 19.7 Å². The van der Waals surface area contributed by atoms with E-state index >= 15 is 0 Å². The number of anilines is 1. The van der Waals surface area contributed by atoms with Gasteiger partial charge in [-0.05, 0) is 23.6 Å². The molecule has 1 aromatic rings. The van der Waals surface area contributed by atoms with Gasteiger partial charge in [0, 0.05) is 24.9 Å². The van der Waals surface area contributed by atoms with Gasteiger partial charge < -0.3 is 4.74 Å². The van der Waals surface area contributed by atoms with Gasteiger partial charge in [0.25, 0.3) is 0 Å². The van der Waals surface area contributed by atoms with Crippen molar-refractivity contribution in [2.75, 3.05) is 12.4 Å². The number of hydrogen-bond donors (Lipinski definition) is 1. The summed E-state index contributed by atoms with van der Waals surface area (Å²) in [6, 6.07) is 6.89. The van der Waals surface area contributed by atoms with Gasteiger partial charge in [-0.25, -0.2) is 4.79 Å². The standard InChI is InChI=1S/C17H19NO5/c1-3-13(19)16-14(20)8-11(9-15(16)21)10-4-6-12(7-5-10)18-17(22)23-2/h4-7,11,16H,3,8-9H2,1-2H3,(H,18,22). The van der Waals surface area contributed by atoms with Crippen LogP contribution in [-0.4, -0.2) is 30.6 Å². The lowest BCUT2D eigenvalue weighted by molar-refractivity contribution is -0.142. The Morgan fingerprint density at radius 2 is 1.70 bits per heavy atom. The molecule has 6 nitrogen and oxygen atoms in total. The van der Waals surface area contributed by atoms with Gasteiger partial charge in [0.05, 0.1) is 7.11 Å². The Kier molecular flexibility index (Phi) is 5.26. The molecule has 0 aromatic heterocycles. The fraction of sp³-hybridized carbons (Fsp3) is 0.412. The third-order valence-electron chi connectivity index (χ3n) is 4.02. The first kappa shape index (κ1) is 16.9. The van der Waals surface area contributed by atoms with Gasteiger partial charge >= 0.3 is 6.09 Å². The average Bonchev–Trinajstić information content (AvgIpc) is 2.54. The Balaban J connectivity index is 2.09. The molecule has 0 heterocycles. The number of amides is 1. The van der Waals surface area contributed by atoms with Crippen LogP contribution in [0.4, 0.5) is 10.5 Å². The topological polar surface area (TPSA) is 89.5 Å². The molecule has 0 spiro atoms. The Morgan fingerprint density at radius 3 is 2.17 bits per heavy atom. The molecule has 2 rings (SSSR count). The van der Waals surface area contributed by atoms with Crippen molar-refractivity contribution in [2.45, 2.75) is 32.1 Å². The van der Waals surface area contributed by atoms with Crippen molar-refractivity contribution in [3.05, 3.63) is 29.8 Å². The molecule has 1 aliphatic carbocycles. The number of ether oxygens (including phenoxy) is 1. The molecule has 23 heavy (non-hydrogen) atoms. The van der Waals surface area contributed by atoms with Crippen LogP contribution in [0, 0.1) is 5.92 Å². The Labute approximate surface area is 134 Å². The zero-order valence-corrected chi connectivity index (χ0v) is 13.1. The van der Waals surface area contributed by atoms with Crippen LogP contribution in [0.2, 0.25) is 0 Å². The molecule has 0 aliphatic heterocycles. The van der Waals surface area contributed by atoms with Gasteiger partial charge in [0.2, 0.25) is 0 Å². The lowest BCUT2D eigenvalue weighted by Gasteiger charge is -2.25. The summed E-state index contributed by atoms with van der Waals surface area (Å²) in [5, 5.41) is 2.53. The summed E-state index contributed by atoms with van der Waals surface area (Å²) < 4.78 is 4.50. The molecule has 1 amide bonds. The summed E-state index contributed by atoms with van der Waals surface area (Å²) >= 11 is 0. The predicted molar refractivity (Wildman–Crippen MR) is 83.2 cm³/mol. The molecule has 1 aliphatic rings. The minimum absolute atomic E-state index is 0.186. The first-order valence-electron chi connectivity index (χ1n) is 7.49. The number of methoxy groups -OCH3 is 1. The minimum Gasteiger partial charge on any atom is -0.453 e. The van der Waals surface area contributed by atoms with Crippen LogP contribution in [-0.2, 0) is 19.1 Å². The number of benzene rings is 1. The van der Waals surface area contributed by atoms with Crippen molar-refractivity contribution in [1.82, 2.24) is 0 Å². The van der Waals surface area contributed by atoms with Crippen LogP contribution in [0.5, 0.6) is 0 Å². The van der Waals surface area contributed by atoms with Crippen molar-refractivity contribution in [2.24, 2.45) is 5.92 Å². The molecule has 0 atom stereocenters. The molecule has 0 radical (unpaired) electrons. The summed E-state index contributed by atoms with van der Waals surface area (Å²) in [5.41, 5.74) is 1.40. The summed E-state index contributed by atoms with van der Waals surface area (Å²) in [6.45, 7) is 1.65. The summed E-state index contributed by atoms with van der Waals surface area (Å²) in [4.78, 5) is 47.1. The van der Waals surface area contributed by atoms with E-state index in [1.807, 2.05) is 0 Å². The number of ketones is 3. The van der Waals surface area contributed by atoms with Gasteiger partial charge in [0.15, 0.2) is 17.3 Å². The molecule has 6 heteroatoms. The number of nitrogens with one attached hydrogen (secondary N) is 1. The predicted octanol–water partition coefficient (Wildman–Crippen LogP) is 2.48. The Morgan fingerprint density at radius 1 is 1.13 bits per heavy atom. The van der Waals surface area contributed by atoms with E-state index < -0.39 is 12.0 Å². The van der Waals surface area contributed by atoms with Crippen LogP contribution < -0.4 is 5.32 Å². The molecular weight excluding hydrogens is 298 g/mol. The third-order valence-corrected chi connectivity index (χ3v) is 4.02. The summed E-state index contributed by atoms with van der Waals surface area (Å²) in [5.74, 6) is -2.18. The normalized spacial score (nSPS) is 21.0. The van der Waals surface area contributed by atoms with E-state index in [1.54, 1.807) is 31.2 Å². The smallest absolute Gasteiger partial charge is 0.411 e. The van der Waals surface area contributed by atoms with E-state index in [2.05, 4.69) is 10.1 Å². The summed E-state index contributed by atoms with van der Waals surface area (Å²) in [6.07, 6.45) is 0.000133. The molecular formula is C17H19NO5. The van der Waals surface area contributed by atoms with Crippen LogP contribution in [0.1, 0.15) is 37.7 Å². The fourth-order valence-electron chi connectivity index (χ4n) is 2.78. The maximum atomic E-state index is 12.1. The maximum Gasteiger partial charge on any atom is 0.411 e. The van der Waals surface area contributed by atoms with Crippen LogP contribution >= 0.6 is 0 Å². The maximum absolute atomic E-state index is 12.1. The molecule has 122 valence electrons. The first-order valence-corrected chi connectivity index (χ1v) is 7.49. The number of Topliss-reactive ketones (excluding diaryl/α,β-unsaturated/α-hetero) is 3. The zero-order chi connectivity index (χ0) is 17.0. The lowest BCUT2D eigenvalue weighted by atomic mass is 9.75. The van der Waals surface area contributed by atoms with E-state index in [0.717, 1.165) is 5.56 Å². The van der Waals surface area contributed by atoms with Crippen molar-refractivity contribution >= 4 is 29.1 Å². The van der Waals surface area contributed by atoms with Crippen LogP contribution in [0.3, 0.4) is 0 Å². The second-order valence-corrected chi connectivity index (χ2v) is 5.53. The van der Waals surface area contributed by atoms with Gasteiger partial charge in [-0.15, -0.1) is 0 Å². The van der Waals surface area contributed by atoms with Crippen LogP contribution in [0.15, 0.2) is 24.3 Å². The van der Waals surface area contributed by atoms with Gasteiger partial charge in [-0.2, -0.15) is 0 Å². The molecule has 0 unspecified atom stereocenters. The number of hydrogen-bond acceptors (Lipinski definition) is 5. The third kappa shape index (κ3) is 3.83. The molecule has 0 bridgehead atoms. The van der Waals surface area contributed by atoms with E-state index in [0.29, 0.717) is 5.69 Å². The second-order valence-electron chi connectivity index (χ2n) is 5.53. The lowest BCUT2D eigenvalue weighted by Crippen LogP contribution is -2.37.